The van der Waals surface area contributed by atoms with Crippen LogP contribution in [0.1, 0.15) is 66.4 Å². The fourth-order valence-corrected chi connectivity index (χ4v) is 3.36. The standard InChI is InChI=1S/C22H39NO3/c1-17(2)19-10-8-9-11-20(19)26-13-12-25-15-18(24)14-23-22(6,7)16-21(3,4)5/h8-11,17-18,23-24H,12-16H2,1-7H3/t18-/m0/s1. The highest BCUT2D eigenvalue weighted by molar-refractivity contribution is 5.35. The van der Waals surface area contributed by atoms with Gasteiger partial charge >= 0.3 is 0 Å². The fourth-order valence-electron chi connectivity index (χ4n) is 3.36. The molecule has 0 heterocycles. The second-order valence-corrected chi connectivity index (χ2v) is 9.27. The minimum Gasteiger partial charge on any atom is -0.491 e. The van der Waals surface area contributed by atoms with Crippen LogP contribution >= 0.6 is 0 Å². The number of aliphatic hydroxyl groups excluding tert-OH is 1. The number of hydrogen-bond donors (Lipinski definition) is 2. The van der Waals surface area contributed by atoms with Gasteiger partial charge in [0, 0.05) is 12.1 Å². The molecule has 4 nitrogen and oxygen atoms in total. The SMILES string of the molecule is CC(C)c1ccccc1OCCOC[C@@H](O)CNC(C)(C)CC(C)(C)C. The molecule has 0 aliphatic rings. The normalized spacial score (nSPS) is 13.9. The summed E-state index contributed by atoms with van der Waals surface area (Å²) in [4.78, 5) is 0. The Hall–Kier alpha value is -1.10. The number of para-hydroxylation sites is 1. The third kappa shape index (κ3) is 9.56. The third-order valence-corrected chi connectivity index (χ3v) is 4.13. The zero-order chi connectivity index (χ0) is 19.8. The minimum absolute atomic E-state index is 0.0110. The van der Waals surface area contributed by atoms with E-state index in [0.29, 0.717) is 32.3 Å². The molecule has 0 aliphatic heterocycles. The average Bonchev–Trinajstić information content (AvgIpc) is 2.50. The smallest absolute Gasteiger partial charge is 0.122 e. The molecule has 1 aromatic carbocycles. The van der Waals surface area contributed by atoms with E-state index in [9.17, 15) is 5.11 Å². The zero-order valence-corrected chi connectivity index (χ0v) is 17.8. The minimum atomic E-state index is -0.516. The van der Waals surface area contributed by atoms with Gasteiger partial charge in [0.25, 0.3) is 0 Å². The van der Waals surface area contributed by atoms with Gasteiger partial charge in [-0.05, 0) is 43.2 Å². The van der Waals surface area contributed by atoms with Crippen molar-refractivity contribution in [1.82, 2.24) is 5.32 Å². The number of benzene rings is 1. The molecule has 0 unspecified atom stereocenters. The van der Waals surface area contributed by atoms with Crippen molar-refractivity contribution >= 4 is 0 Å². The van der Waals surface area contributed by atoms with Crippen LogP contribution in [0.4, 0.5) is 0 Å². The molecule has 0 aromatic heterocycles. The van der Waals surface area contributed by atoms with Crippen molar-refractivity contribution in [2.75, 3.05) is 26.4 Å². The molecule has 0 radical (unpaired) electrons. The molecule has 2 N–H and O–H groups in total. The van der Waals surface area contributed by atoms with E-state index in [1.54, 1.807) is 0 Å². The highest BCUT2D eigenvalue weighted by Crippen LogP contribution is 2.27. The second-order valence-electron chi connectivity index (χ2n) is 9.27. The summed E-state index contributed by atoms with van der Waals surface area (Å²) in [7, 11) is 0. The van der Waals surface area contributed by atoms with Gasteiger partial charge in [-0.3, -0.25) is 0 Å². The summed E-state index contributed by atoms with van der Waals surface area (Å²) in [6, 6.07) is 8.10. The number of rotatable bonds is 11. The fraction of sp³-hybridized carbons (Fsp3) is 0.727. The van der Waals surface area contributed by atoms with Gasteiger partial charge in [0.15, 0.2) is 0 Å². The Morgan fingerprint density at radius 3 is 2.31 bits per heavy atom. The molecule has 0 bridgehead atoms. The molecular weight excluding hydrogens is 326 g/mol. The predicted molar refractivity (Wildman–Crippen MR) is 109 cm³/mol. The molecule has 1 atom stereocenters. The van der Waals surface area contributed by atoms with E-state index < -0.39 is 6.10 Å². The molecule has 1 rings (SSSR count). The van der Waals surface area contributed by atoms with E-state index in [4.69, 9.17) is 9.47 Å². The van der Waals surface area contributed by atoms with Gasteiger partial charge in [-0.25, -0.2) is 0 Å². The number of aliphatic hydroxyl groups is 1. The first kappa shape index (κ1) is 22.9. The molecule has 0 fully saturated rings. The first-order valence-electron chi connectivity index (χ1n) is 9.73. The van der Waals surface area contributed by atoms with Crippen LogP contribution in [0.15, 0.2) is 24.3 Å². The number of hydrogen-bond acceptors (Lipinski definition) is 4. The first-order chi connectivity index (χ1) is 12.0. The van der Waals surface area contributed by atoms with E-state index in [2.05, 4.69) is 59.8 Å². The van der Waals surface area contributed by atoms with Gasteiger partial charge in [-0.2, -0.15) is 0 Å². The number of ether oxygens (including phenoxy) is 2. The van der Waals surface area contributed by atoms with Crippen LogP contribution in [0.2, 0.25) is 0 Å². The van der Waals surface area contributed by atoms with Gasteiger partial charge in [0.1, 0.15) is 12.4 Å². The van der Waals surface area contributed by atoms with Crippen molar-refractivity contribution in [3.63, 3.8) is 0 Å². The van der Waals surface area contributed by atoms with E-state index in [-0.39, 0.29) is 11.0 Å². The van der Waals surface area contributed by atoms with Gasteiger partial charge in [-0.15, -0.1) is 0 Å². The van der Waals surface area contributed by atoms with Crippen molar-refractivity contribution in [1.29, 1.82) is 0 Å². The Balaban J connectivity index is 2.24. The van der Waals surface area contributed by atoms with E-state index in [0.717, 1.165) is 12.2 Å². The van der Waals surface area contributed by atoms with Crippen LogP contribution in [-0.2, 0) is 4.74 Å². The van der Waals surface area contributed by atoms with Crippen molar-refractivity contribution < 1.29 is 14.6 Å². The van der Waals surface area contributed by atoms with Crippen LogP contribution in [-0.4, -0.2) is 43.1 Å². The molecule has 0 spiro atoms. The summed E-state index contributed by atoms with van der Waals surface area (Å²) in [5.74, 6) is 1.34. The summed E-state index contributed by atoms with van der Waals surface area (Å²) in [6.07, 6.45) is 0.522. The zero-order valence-electron chi connectivity index (χ0n) is 17.8. The average molecular weight is 366 g/mol. The molecule has 150 valence electrons. The van der Waals surface area contributed by atoms with Crippen molar-refractivity contribution in [3.8, 4) is 5.75 Å². The Morgan fingerprint density at radius 2 is 1.69 bits per heavy atom. The summed E-state index contributed by atoms with van der Waals surface area (Å²) >= 11 is 0. The Kier molecular flexibility index (Phi) is 9.08. The van der Waals surface area contributed by atoms with Crippen LogP contribution in [0.5, 0.6) is 5.75 Å². The van der Waals surface area contributed by atoms with Crippen molar-refractivity contribution in [2.45, 2.75) is 72.4 Å². The molecule has 0 amide bonds. The Bertz CT molecular complexity index is 520. The van der Waals surface area contributed by atoms with Crippen LogP contribution in [0.3, 0.4) is 0 Å². The summed E-state index contributed by atoms with van der Waals surface area (Å²) in [6.45, 7) is 17.1. The van der Waals surface area contributed by atoms with E-state index >= 15 is 0 Å². The van der Waals surface area contributed by atoms with Gasteiger partial charge < -0.3 is 19.9 Å². The van der Waals surface area contributed by atoms with Crippen LogP contribution < -0.4 is 10.1 Å². The lowest BCUT2D eigenvalue weighted by Gasteiger charge is -2.34. The Morgan fingerprint density at radius 1 is 1.04 bits per heavy atom. The van der Waals surface area contributed by atoms with Crippen LogP contribution in [0, 0.1) is 5.41 Å². The quantitative estimate of drug-likeness (QED) is 0.572. The van der Waals surface area contributed by atoms with Gasteiger partial charge in [0.2, 0.25) is 0 Å². The molecule has 0 aliphatic carbocycles. The molecule has 1 aromatic rings. The van der Waals surface area contributed by atoms with Crippen molar-refractivity contribution in [3.05, 3.63) is 29.8 Å². The summed E-state index contributed by atoms with van der Waals surface area (Å²) in [5, 5.41) is 13.6. The maximum Gasteiger partial charge on any atom is 0.122 e. The topological polar surface area (TPSA) is 50.7 Å². The van der Waals surface area contributed by atoms with Gasteiger partial charge in [-0.1, -0.05) is 52.8 Å². The largest absolute Gasteiger partial charge is 0.491 e. The maximum atomic E-state index is 10.1. The lowest BCUT2D eigenvalue weighted by Crippen LogP contribution is -2.46. The summed E-state index contributed by atoms with van der Waals surface area (Å²) in [5.41, 5.74) is 1.45. The number of nitrogens with one attached hydrogen (secondary N) is 1. The third-order valence-electron chi connectivity index (χ3n) is 4.13. The lowest BCUT2D eigenvalue weighted by molar-refractivity contribution is 0.0210. The monoisotopic (exact) mass is 365 g/mol. The second kappa shape index (κ2) is 10.3. The molecular formula is C22H39NO3. The molecule has 26 heavy (non-hydrogen) atoms. The lowest BCUT2D eigenvalue weighted by atomic mass is 9.82. The Labute approximate surface area is 160 Å². The molecule has 0 saturated heterocycles. The number of β-amino-alcohol motifs (C(OH)–C–C–N with tert-alkyl or cyclic N) is 1. The maximum absolute atomic E-state index is 10.1. The highest BCUT2D eigenvalue weighted by atomic mass is 16.5. The first-order valence-corrected chi connectivity index (χ1v) is 9.73. The summed E-state index contributed by atoms with van der Waals surface area (Å²) < 4.78 is 11.4. The van der Waals surface area contributed by atoms with E-state index in [1.807, 2.05) is 18.2 Å². The predicted octanol–water partition coefficient (Wildman–Crippen LogP) is 4.37. The van der Waals surface area contributed by atoms with E-state index in [1.165, 1.54) is 5.56 Å². The van der Waals surface area contributed by atoms with Crippen molar-refractivity contribution in [2.24, 2.45) is 5.41 Å². The van der Waals surface area contributed by atoms with Gasteiger partial charge in [0.05, 0.1) is 19.3 Å². The molecule has 0 saturated carbocycles. The highest BCUT2D eigenvalue weighted by Gasteiger charge is 2.25. The van der Waals surface area contributed by atoms with Crippen LogP contribution in [0.25, 0.3) is 0 Å². The molecule has 4 heteroatoms.